The molecule has 0 aliphatic carbocycles. The van der Waals surface area contributed by atoms with E-state index < -0.39 is 26.1 Å². The van der Waals surface area contributed by atoms with Crippen LogP contribution in [-0.4, -0.2) is 28.7 Å². The Morgan fingerprint density at radius 3 is 1.52 bits per heavy atom. The van der Waals surface area contributed by atoms with Crippen LogP contribution in [0.3, 0.4) is 0 Å². The molecule has 0 amide bonds. The molecular weight excluding hydrogens is 436 g/mol. The van der Waals surface area contributed by atoms with Crippen molar-refractivity contribution in [3.8, 4) is 0 Å². The molecule has 0 aromatic rings. The minimum Gasteiger partial charge on any atom is -0.363 e. The second kappa shape index (κ2) is 16.2. The maximum absolute atomic E-state index is 12.5. The van der Waals surface area contributed by atoms with E-state index in [-0.39, 0.29) is 12.8 Å². The van der Waals surface area contributed by atoms with E-state index >= 15 is 0 Å². The van der Waals surface area contributed by atoms with Crippen LogP contribution < -0.4 is 11.5 Å². The number of allylic oxidation sites excluding steroid dienone is 2. The Balaban J connectivity index is 4.29. The van der Waals surface area contributed by atoms with Crippen molar-refractivity contribution in [1.82, 2.24) is 0 Å². The molecule has 0 bridgehead atoms. The van der Waals surface area contributed by atoms with Crippen molar-refractivity contribution in [3.63, 3.8) is 0 Å². The number of unbranched alkanes of at least 4 members (excludes halogenated alkanes) is 12. The molecule has 6 nitrogen and oxygen atoms in total. The first kappa shape index (κ1) is 32.5. The average Bonchev–Trinajstić information content (AvgIpc) is 2.70. The second-order valence-electron chi connectivity index (χ2n) is 10.4. The lowest BCUT2D eigenvalue weighted by molar-refractivity contribution is -0.0851. The van der Waals surface area contributed by atoms with Crippen LogP contribution in [0.2, 0.25) is 0 Å². The first-order valence-electron chi connectivity index (χ1n) is 13.3. The maximum Gasteiger partial charge on any atom is 0.271 e. The lowest BCUT2D eigenvalue weighted by Gasteiger charge is -2.50. The number of aliphatic hydroxyl groups is 1. The van der Waals surface area contributed by atoms with Gasteiger partial charge in [-0.25, -0.2) is 0 Å². The normalized spacial score (nSPS) is 15.3. The molecule has 1 atom stereocenters. The van der Waals surface area contributed by atoms with Gasteiger partial charge in [0.25, 0.3) is 10.1 Å². The first-order chi connectivity index (χ1) is 15.4. The summed E-state index contributed by atoms with van der Waals surface area (Å²) in [4.78, 5) is 0. The van der Waals surface area contributed by atoms with Crippen molar-refractivity contribution >= 4 is 10.1 Å². The molecule has 0 aliphatic rings. The summed E-state index contributed by atoms with van der Waals surface area (Å²) in [6.07, 6.45) is 21.9. The zero-order valence-electron chi connectivity index (χ0n) is 21.9. The number of hydrogen-bond donors (Lipinski definition) is 4. The maximum atomic E-state index is 12.5. The van der Waals surface area contributed by atoms with Gasteiger partial charge in [-0.2, -0.15) is 8.42 Å². The van der Waals surface area contributed by atoms with Crippen molar-refractivity contribution < 1.29 is 18.1 Å². The van der Waals surface area contributed by atoms with Crippen molar-refractivity contribution in [3.05, 3.63) is 12.2 Å². The fourth-order valence-electron chi connectivity index (χ4n) is 4.76. The number of rotatable bonds is 21. The summed E-state index contributed by atoms with van der Waals surface area (Å²) in [6, 6.07) is 0. The Morgan fingerprint density at radius 2 is 1.12 bits per heavy atom. The van der Waals surface area contributed by atoms with Gasteiger partial charge in [-0.1, -0.05) is 110 Å². The fraction of sp³-hybridized carbons (Fsp3) is 0.923. The lowest BCUT2D eigenvalue weighted by Crippen LogP contribution is -2.70. The smallest absolute Gasteiger partial charge is 0.271 e. The summed E-state index contributed by atoms with van der Waals surface area (Å²) in [5.74, 6) is -2.22. The van der Waals surface area contributed by atoms with Gasteiger partial charge in [0, 0.05) is 5.41 Å². The van der Waals surface area contributed by atoms with E-state index in [0.717, 1.165) is 32.1 Å². The molecule has 0 aromatic carbocycles. The predicted molar refractivity (Wildman–Crippen MR) is 140 cm³/mol. The van der Waals surface area contributed by atoms with Gasteiger partial charge < -0.3 is 5.11 Å². The molecule has 198 valence electrons. The van der Waals surface area contributed by atoms with Gasteiger partial charge in [-0.05, 0) is 38.5 Å². The minimum absolute atomic E-state index is 0.195. The summed E-state index contributed by atoms with van der Waals surface area (Å²) < 4.78 is 33.5. The predicted octanol–water partition coefficient (Wildman–Crippen LogP) is 6.43. The zero-order valence-corrected chi connectivity index (χ0v) is 22.8. The van der Waals surface area contributed by atoms with Crippen molar-refractivity contribution in [2.75, 3.05) is 0 Å². The van der Waals surface area contributed by atoms with E-state index in [1.807, 2.05) is 6.92 Å². The van der Waals surface area contributed by atoms with Crippen LogP contribution >= 0.6 is 0 Å². The highest BCUT2D eigenvalue weighted by molar-refractivity contribution is 7.87. The third-order valence-electron chi connectivity index (χ3n) is 7.38. The van der Waals surface area contributed by atoms with Gasteiger partial charge in [0.05, 0.1) is 0 Å². The average molecular weight is 491 g/mol. The van der Waals surface area contributed by atoms with Gasteiger partial charge in [0.2, 0.25) is 0 Å². The molecule has 0 rings (SSSR count). The molecule has 0 radical (unpaired) electrons. The van der Waals surface area contributed by atoms with E-state index in [0.29, 0.717) is 12.8 Å². The molecule has 0 aliphatic heterocycles. The molecule has 0 saturated carbocycles. The van der Waals surface area contributed by atoms with Crippen LogP contribution in [0.25, 0.3) is 0 Å². The quantitative estimate of drug-likeness (QED) is 0.0635. The molecule has 7 heteroatoms. The van der Waals surface area contributed by atoms with Gasteiger partial charge >= 0.3 is 0 Å². The monoisotopic (exact) mass is 490 g/mol. The van der Waals surface area contributed by atoms with E-state index in [9.17, 15) is 18.1 Å². The van der Waals surface area contributed by atoms with Crippen molar-refractivity contribution in [2.24, 2.45) is 16.9 Å². The van der Waals surface area contributed by atoms with Crippen LogP contribution in [-0.2, 0) is 10.1 Å². The van der Waals surface area contributed by atoms with Crippen LogP contribution in [0.1, 0.15) is 137 Å². The van der Waals surface area contributed by atoms with Gasteiger partial charge in [0.15, 0.2) is 5.85 Å². The lowest BCUT2D eigenvalue weighted by atomic mass is 9.69. The highest BCUT2D eigenvalue weighted by Crippen LogP contribution is 2.48. The van der Waals surface area contributed by atoms with Gasteiger partial charge in [0.1, 0.15) is 4.75 Å². The standard InChI is InChI=1S/C26H54N2O4S/c1-5-7-8-9-10-11-12-13-14-15-16-17-18-19-20-21-23-25(22-6-2,33(30,31)32)24(3,4)26(27,28)29/h13-14,29H,5-12,15-23,27-28H2,1-4H3,(H,30,31,32)/b14-13-. The van der Waals surface area contributed by atoms with Crippen LogP contribution in [0.4, 0.5) is 0 Å². The molecule has 1 unspecified atom stereocenters. The van der Waals surface area contributed by atoms with E-state index in [1.54, 1.807) is 0 Å². The van der Waals surface area contributed by atoms with Crippen molar-refractivity contribution in [1.29, 1.82) is 0 Å². The molecular formula is C26H54N2O4S. The van der Waals surface area contributed by atoms with Crippen LogP contribution in [0.15, 0.2) is 12.2 Å². The minimum atomic E-state index is -4.48. The first-order valence-corrected chi connectivity index (χ1v) is 14.7. The summed E-state index contributed by atoms with van der Waals surface area (Å²) in [6.45, 7) is 7.15. The van der Waals surface area contributed by atoms with Gasteiger partial charge in [-0.15, -0.1) is 0 Å². The largest absolute Gasteiger partial charge is 0.363 e. The molecule has 0 saturated heterocycles. The molecule has 0 aromatic heterocycles. The fourth-order valence-corrected chi connectivity index (χ4v) is 6.43. The summed E-state index contributed by atoms with van der Waals surface area (Å²) in [7, 11) is -4.48. The summed E-state index contributed by atoms with van der Waals surface area (Å²) >= 11 is 0. The Morgan fingerprint density at radius 1 is 0.697 bits per heavy atom. The van der Waals surface area contributed by atoms with Crippen LogP contribution in [0, 0.1) is 5.41 Å². The van der Waals surface area contributed by atoms with E-state index in [1.165, 1.54) is 65.2 Å². The summed E-state index contributed by atoms with van der Waals surface area (Å²) in [5, 5.41) is 10.3. The molecule has 0 spiro atoms. The highest BCUT2D eigenvalue weighted by atomic mass is 32.2. The third kappa shape index (κ3) is 11.2. The molecule has 0 fully saturated rings. The molecule has 33 heavy (non-hydrogen) atoms. The topological polar surface area (TPSA) is 127 Å². The SMILES string of the molecule is CCCCCCCC/C=C\CCCCCCCCC(CCC)(C(C)(C)C(N)(N)O)S(=O)(=O)O. The zero-order chi connectivity index (χ0) is 25.4. The van der Waals surface area contributed by atoms with E-state index in [4.69, 9.17) is 11.5 Å². The molecule has 6 N–H and O–H groups in total. The Bertz CT molecular complexity index is 627. The van der Waals surface area contributed by atoms with Gasteiger partial charge in [-0.3, -0.25) is 16.0 Å². The van der Waals surface area contributed by atoms with Crippen molar-refractivity contribution in [2.45, 2.75) is 147 Å². The van der Waals surface area contributed by atoms with E-state index in [2.05, 4.69) is 19.1 Å². The molecule has 0 heterocycles. The summed E-state index contributed by atoms with van der Waals surface area (Å²) in [5.41, 5.74) is 10.1. The Kier molecular flexibility index (Phi) is 16.0. The number of nitrogens with two attached hydrogens (primary N) is 2. The number of hydrogen-bond acceptors (Lipinski definition) is 5. The van der Waals surface area contributed by atoms with Crippen LogP contribution in [0.5, 0.6) is 0 Å². The highest BCUT2D eigenvalue weighted by Gasteiger charge is 2.60. The Labute approximate surface area is 204 Å². The second-order valence-corrected chi connectivity index (χ2v) is 12.1. The Hall–Kier alpha value is -0.470. The third-order valence-corrected chi connectivity index (χ3v) is 9.29.